The van der Waals surface area contributed by atoms with Crippen LogP contribution in [0.2, 0.25) is 0 Å². The number of carbonyl (C=O) groups excluding carboxylic acids is 2. The minimum atomic E-state index is -0.349. The summed E-state index contributed by atoms with van der Waals surface area (Å²) in [6, 6.07) is -0.349. The second-order valence-electron chi connectivity index (χ2n) is 7.46. The van der Waals surface area contributed by atoms with Crippen molar-refractivity contribution >= 4 is 11.9 Å². The SMILES string of the molecule is CC(C)CCNC(=O)NC(=O)C[NH+]1CC[C@@H]2CCCC[C@@H]2C1. The molecule has 1 aliphatic heterocycles. The minimum absolute atomic E-state index is 0.147. The third kappa shape index (κ3) is 5.59. The molecule has 0 aromatic carbocycles. The molecule has 3 N–H and O–H groups in total. The number of hydrogen-bond donors (Lipinski definition) is 3. The molecule has 5 heteroatoms. The van der Waals surface area contributed by atoms with Gasteiger partial charge in [0.1, 0.15) is 0 Å². The normalized spacial score (nSPS) is 28.0. The lowest BCUT2D eigenvalue weighted by atomic mass is 9.75. The van der Waals surface area contributed by atoms with Crippen molar-refractivity contribution in [3.05, 3.63) is 0 Å². The van der Waals surface area contributed by atoms with Crippen LogP contribution < -0.4 is 15.5 Å². The highest BCUT2D eigenvalue weighted by Gasteiger charge is 2.34. The van der Waals surface area contributed by atoms with E-state index in [-0.39, 0.29) is 11.9 Å². The first-order chi connectivity index (χ1) is 10.5. The first-order valence-corrected chi connectivity index (χ1v) is 8.96. The molecular weight excluding hydrogens is 278 g/mol. The monoisotopic (exact) mass is 310 g/mol. The zero-order valence-corrected chi connectivity index (χ0v) is 14.1. The van der Waals surface area contributed by atoms with Gasteiger partial charge in [0.15, 0.2) is 6.54 Å². The van der Waals surface area contributed by atoms with E-state index in [1.165, 1.54) is 37.0 Å². The maximum atomic E-state index is 12.0. The highest BCUT2D eigenvalue weighted by molar-refractivity contribution is 5.94. The van der Waals surface area contributed by atoms with Crippen molar-refractivity contribution in [3.8, 4) is 0 Å². The number of likely N-dealkylation sites (tertiary alicyclic amines) is 1. The largest absolute Gasteiger partial charge is 0.338 e. The van der Waals surface area contributed by atoms with Crippen LogP contribution in [0.15, 0.2) is 0 Å². The number of quaternary nitrogens is 1. The molecular formula is C17H32N3O2+. The van der Waals surface area contributed by atoms with Crippen LogP contribution in [0.4, 0.5) is 4.79 Å². The third-order valence-electron chi connectivity index (χ3n) is 5.16. The molecule has 0 aromatic heterocycles. The average Bonchev–Trinajstić information content (AvgIpc) is 2.46. The summed E-state index contributed by atoms with van der Waals surface area (Å²) < 4.78 is 0. The van der Waals surface area contributed by atoms with Gasteiger partial charge in [0, 0.05) is 12.5 Å². The van der Waals surface area contributed by atoms with Gasteiger partial charge in [0.25, 0.3) is 5.91 Å². The first kappa shape index (κ1) is 17.3. The molecule has 1 saturated carbocycles. The van der Waals surface area contributed by atoms with E-state index >= 15 is 0 Å². The Morgan fingerprint density at radius 3 is 2.59 bits per heavy atom. The number of rotatable bonds is 5. The second kappa shape index (κ2) is 8.51. The Labute approximate surface area is 134 Å². The fourth-order valence-electron chi connectivity index (χ4n) is 3.87. The van der Waals surface area contributed by atoms with Crippen molar-refractivity contribution < 1.29 is 14.5 Å². The quantitative estimate of drug-likeness (QED) is 0.708. The number of hydrogen-bond acceptors (Lipinski definition) is 2. The summed E-state index contributed by atoms with van der Waals surface area (Å²) in [6.07, 6.45) is 7.61. The molecule has 1 aliphatic carbocycles. The fourth-order valence-corrected chi connectivity index (χ4v) is 3.87. The van der Waals surface area contributed by atoms with Crippen molar-refractivity contribution in [2.45, 2.75) is 52.4 Å². The van der Waals surface area contributed by atoms with Gasteiger partial charge in [-0.2, -0.15) is 0 Å². The highest BCUT2D eigenvalue weighted by Crippen LogP contribution is 2.32. The minimum Gasteiger partial charge on any atom is -0.338 e. The summed E-state index contributed by atoms with van der Waals surface area (Å²) >= 11 is 0. The number of piperidine rings is 1. The van der Waals surface area contributed by atoms with Crippen molar-refractivity contribution in [1.82, 2.24) is 10.6 Å². The molecule has 0 aromatic rings. The van der Waals surface area contributed by atoms with Gasteiger partial charge in [-0.25, -0.2) is 4.79 Å². The predicted octanol–water partition coefficient (Wildman–Crippen LogP) is 0.953. The first-order valence-electron chi connectivity index (χ1n) is 8.96. The van der Waals surface area contributed by atoms with Gasteiger partial charge < -0.3 is 10.2 Å². The standard InChI is InChI=1S/C17H31N3O2/c1-13(2)7-9-18-17(22)19-16(21)12-20-10-8-14-5-3-4-6-15(14)11-20/h13-15H,3-12H2,1-2H3,(H2,18,19,21,22)/p+1/t14-,15+/m0/s1. The van der Waals surface area contributed by atoms with Gasteiger partial charge in [-0.3, -0.25) is 10.1 Å². The van der Waals surface area contributed by atoms with E-state index in [4.69, 9.17) is 0 Å². The number of amides is 3. The number of imide groups is 1. The summed E-state index contributed by atoms with van der Waals surface area (Å²) in [5.41, 5.74) is 0. The van der Waals surface area contributed by atoms with Gasteiger partial charge in [-0.1, -0.05) is 26.7 Å². The predicted molar refractivity (Wildman–Crippen MR) is 86.6 cm³/mol. The number of nitrogens with one attached hydrogen (secondary N) is 3. The Bertz CT molecular complexity index is 384. The van der Waals surface area contributed by atoms with E-state index in [1.54, 1.807) is 0 Å². The molecule has 3 amide bonds. The lowest BCUT2D eigenvalue weighted by molar-refractivity contribution is -0.902. The van der Waals surface area contributed by atoms with Crippen LogP contribution in [0.25, 0.3) is 0 Å². The molecule has 0 bridgehead atoms. The topological polar surface area (TPSA) is 62.6 Å². The van der Waals surface area contributed by atoms with Crippen LogP contribution in [0.5, 0.6) is 0 Å². The third-order valence-corrected chi connectivity index (χ3v) is 5.16. The van der Waals surface area contributed by atoms with Crippen LogP contribution in [0.3, 0.4) is 0 Å². The molecule has 22 heavy (non-hydrogen) atoms. The Hall–Kier alpha value is -1.10. The van der Waals surface area contributed by atoms with Crippen LogP contribution in [0, 0.1) is 17.8 Å². The van der Waals surface area contributed by atoms with Gasteiger partial charge >= 0.3 is 6.03 Å². The maximum Gasteiger partial charge on any atom is 0.321 e. The molecule has 2 rings (SSSR count). The fraction of sp³-hybridized carbons (Fsp3) is 0.882. The Balaban J connectivity index is 1.65. The van der Waals surface area contributed by atoms with Gasteiger partial charge in [0.05, 0.1) is 13.1 Å². The summed E-state index contributed by atoms with van der Waals surface area (Å²) in [7, 11) is 0. The lowest BCUT2D eigenvalue weighted by Crippen LogP contribution is -3.15. The Kier molecular flexibility index (Phi) is 6.68. The smallest absolute Gasteiger partial charge is 0.321 e. The molecule has 1 saturated heterocycles. The van der Waals surface area contributed by atoms with Gasteiger partial charge in [-0.05, 0) is 37.5 Å². The van der Waals surface area contributed by atoms with E-state index in [9.17, 15) is 9.59 Å². The van der Waals surface area contributed by atoms with Gasteiger partial charge in [-0.15, -0.1) is 0 Å². The van der Waals surface area contributed by atoms with Crippen molar-refractivity contribution in [3.63, 3.8) is 0 Å². The van der Waals surface area contributed by atoms with E-state index in [2.05, 4.69) is 24.5 Å². The lowest BCUT2D eigenvalue weighted by Gasteiger charge is -2.38. The van der Waals surface area contributed by atoms with Gasteiger partial charge in [0.2, 0.25) is 0 Å². The molecule has 0 radical (unpaired) electrons. The summed E-state index contributed by atoms with van der Waals surface area (Å²) in [6.45, 7) is 7.46. The van der Waals surface area contributed by atoms with E-state index in [0.29, 0.717) is 19.0 Å². The molecule has 126 valence electrons. The average molecular weight is 310 g/mol. The summed E-state index contributed by atoms with van der Waals surface area (Å²) in [5, 5.41) is 5.21. The zero-order chi connectivity index (χ0) is 15.9. The van der Waals surface area contributed by atoms with Crippen molar-refractivity contribution in [1.29, 1.82) is 0 Å². The van der Waals surface area contributed by atoms with Crippen molar-refractivity contribution in [2.75, 3.05) is 26.2 Å². The molecule has 1 heterocycles. The Morgan fingerprint density at radius 1 is 1.14 bits per heavy atom. The molecule has 1 unspecified atom stereocenters. The number of urea groups is 1. The number of carbonyl (C=O) groups is 2. The summed E-state index contributed by atoms with van der Waals surface area (Å²) in [4.78, 5) is 25.0. The second-order valence-corrected chi connectivity index (χ2v) is 7.46. The van der Waals surface area contributed by atoms with Crippen LogP contribution in [-0.4, -0.2) is 38.1 Å². The zero-order valence-electron chi connectivity index (χ0n) is 14.1. The summed E-state index contributed by atoms with van der Waals surface area (Å²) in [5.74, 6) is 2.09. The Morgan fingerprint density at radius 2 is 1.86 bits per heavy atom. The van der Waals surface area contributed by atoms with E-state index in [1.807, 2.05) is 0 Å². The van der Waals surface area contributed by atoms with E-state index < -0.39 is 0 Å². The van der Waals surface area contributed by atoms with Crippen LogP contribution in [-0.2, 0) is 4.79 Å². The van der Waals surface area contributed by atoms with Crippen molar-refractivity contribution in [2.24, 2.45) is 17.8 Å². The molecule has 3 atom stereocenters. The molecule has 0 spiro atoms. The molecule has 2 fully saturated rings. The molecule has 2 aliphatic rings. The van der Waals surface area contributed by atoms with Crippen LogP contribution >= 0.6 is 0 Å². The molecule has 5 nitrogen and oxygen atoms in total. The van der Waals surface area contributed by atoms with E-state index in [0.717, 1.165) is 31.3 Å². The highest BCUT2D eigenvalue weighted by atomic mass is 16.2. The number of fused-ring (bicyclic) bond motifs is 1. The maximum absolute atomic E-state index is 12.0. The van der Waals surface area contributed by atoms with Crippen LogP contribution in [0.1, 0.15) is 52.4 Å².